The number of rotatable bonds is 3. The topological polar surface area (TPSA) is 39.1 Å². The van der Waals surface area contributed by atoms with Gasteiger partial charge in [-0.05, 0) is 50.6 Å². The fraction of sp³-hybridized carbons (Fsp3) is 0.533. The van der Waals surface area contributed by atoms with Crippen LogP contribution in [0.1, 0.15) is 31.7 Å². The Morgan fingerprint density at radius 1 is 1.42 bits per heavy atom. The summed E-state index contributed by atoms with van der Waals surface area (Å²) in [5, 5.41) is 13.3. The van der Waals surface area contributed by atoms with E-state index in [0.717, 1.165) is 31.6 Å². The Bertz CT molecular complexity index is 467. The summed E-state index contributed by atoms with van der Waals surface area (Å²) < 4.78 is 0. The van der Waals surface area contributed by atoms with Gasteiger partial charge in [0.05, 0.1) is 11.3 Å². The average Bonchev–Trinajstić information content (AvgIpc) is 2.64. The largest absolute Gasteiger partial charge is 0.381 e. The number of benzene rings is 1. The van der Waals surface area contributed by atoms with Crippen molar-refractivity contribution in [3.05, 3.63) is 28.8 Å². The molecule has 1 aromatic carbocycles. The summed E-state index contributed by atoms with van der Waals surface area (Å²) in [6.07, 6.45) is 3.47. The lowest BCUT2D eigenvalue weighted by Gasteiger charge is -2.20. The van der Waals surface area contributed by atoms with Crippen LogP contribution >= 0.6 is 11.6 Å². The zero-order valence-corrected chi connectivity index (χ0v) is 12.1. The van der Waals surface area contributed by atoms with Gasteiger partial charge in [-0.2, -0.15) is 5.26 Å². The van der Waals surface area contributed by atoms with Crippen LogP contribution in [0.2, 0.25) is 5.02 Å². The van der Waals surface area contributed by atoms with Crippen molar-refractivity contribution in [2.75, 3.05) is 25.0 Å². The van der Waals surface area contributed by atoms with E-state index in [2.05, 4.69) is 23.2 Å². The maximum absolute atomic E-state index is 9.13. The van der Waals surface area contributed by atoms with Crippen LogP contribution in [-0.4, -0.2) is 30.6 Å². The van der Waals surface area contributed by atoms with Gasteiger partial charge in [0.15, 0.2) is 0 Å². The third-order valence-corrected chi connectivity index (χ3v) is 3.96. The molecule has 2 rings (SSSR count). The zero-order chi connectivity index (χ0) is 13.7. The summed E-state index contributed by atoms with van der Waals surface area (Å²) in [6, 6.07) is 8.04. The Morgan fingerprint density at radius 3 is 3.00 bits per heavy atom. The molecule has 0 saturated carbocycles. The highest BCUT2D eigenvalue weighted by atomic mass is 35.5. The first-order valence-electron chi connectivity index (χ1n) is 6.91. The average molecular weight is 278 g/mol. The van der Waals surface area contributed by atoms with Crippen LogP contribution in [-0.2, 0) is 0 Å². The molecular formula is C15H20ClN3. The van der Waals surface area contributed by atoms with Crippen molar-refractivity contribution in [1.82, 2.24) is 4.90 Å². The number of nitriles is 1. The van der Waals surface area contributed by atoms with E-state index in [1.54, 1.807) is 12.1 Å². The number of nitrogens with one attached hydrogen (secondary N) is 1. The predicted molar refractivity (Wildman–Crippen MR) is 79.5 cm³/mol. The van der Waals surface area contributed by atoms with Crippen LogP contribution in [0.4, 0.5) is 5.69 Å². The number of hydrogen-bond donors (Lipinski definition) is 1. The molecule has 3 nitrogen and oxygen atoms in total. The number of likely N-dealkylation sites (tertiary alicyclic amines) is 1. The highest BCUT2D eigenvalue weighted by Gasteiger charge is 2.16. The molecule has 0 aliphatic carbocycles. The molecule has 1 saturated heterocycles. The van der Waals surface area contributed by atoms with Gasteiger partial charge in [0.25, 0.3) is 0 Å². The van der Waals surface area contributed by atoms with Crippen LogP contribution in [0.25, 0.3) is 0 Å². The van der Waals surface area contributed by atoms with Crippen molar-refractivity contribution in [3.63, 3.8) is 0 Å². The second-order valence-corrected chi connectivity index (χ2v) is 5.44. The number of anilines is 1. The summed E-state index contributed by atoms with van der Waals surface area (Å²) in [4.78, 5) is 2.48. The van der Waals surface area contributed by atoms with Gasteiger partial charge in [-0.1, -0.05) is 18.5 Å². The lowest BCUT2D eigenvalue weighted by molar-refractivity contribution is 0.300. The minimum atomic E-state index is 0.433. The minimum absolute atomic E-state index is 0.433. The fourth-order valence-electron chi connectivity index (χ4n) is 2.57. The van der Waals surface area contributed by atoms with Crippen LogP contribution in [0.5, 0.6) is 0 Å². The molecule has 1 N–H and O–H groups in total. The molecule has 0 radical (unpaired) electrons. The quantitative estimate of drug-likeness (QED) is 0.919. The molecule has 1 fully saturated rings. The Balaban J connectivity index is 2.05. The molecule has 0 amide bonds. The lowest BCUT2D eigenvalue weighted by atomic mass is 10.1. The summed E-state index contributed by atoms with van der Waals surface area (Å²) in [5.41, 5.74) is 1.53. The molecule has 1 aliphatic heterocycles. The summed E-state index contributed by atoms with van der Waals surface area (Å²) in [6.45, 7) is 5.62. The van der Waals surface area contributed by atoms with Gasteiger partial charge >= 0.3 is 0 Å². The van der Waals surface area contributed by atoms with E-state index in [9.17, 15) is 0 Å². The molecule has 0 aromatic heterocycles. The van der Waals surface area contributed by atoms with Crippen LogP contribution in [0.3, 0.4) is 0 Å². The van der Waals surface area contributed by atoms with Crippen molar-refractivity contribution in [3.8, 4) is 6.07 Å². The first-order valence-corrected chi connectivity index (χ1v) is 7.29. The third-order valence-electron chi connectivity index (χ3n) is 3.73. The van der Waals surface area contributed by atoms with Gasteiger partial charge in [-0.3, -0.25) is 0 Å². The highest BCUT2D eigenvalue weighted by molar-refractivity contribution is 6.30. The maximum atomic E-state index is 9.13. The maximum Gasteiger partial charge on any atom is 0.101 e. The van der Waals surface area contributed by atoms with Gasteiger partial charge in [-0.15, -0.1) is 0 Å². The van der Waals surface area contributed by atoms with Gasteiger partial charge in [0, 0.05) is 17.6 Å². The molecule has 1 atom stereocenters. The Kier molecular flexibility index (Phi) is 5.07. The van der Waals surface area contributed by atoms with Crippen molar-refractivity contribution >= 4 is 17.3 Å². The smallest absolute Gasteiger partial charge is 0.101 e. The SMILES string of the molecule is CCN1CCCC(Nc2cc(Cl)ccc2C#N)CC1. The van der Waals surface area contributed by atoms with E-state index in [4.69, 9.17) is 16.9 Å². The number of hydrogen-bond acceptors (Lipinski definition) is 3. The summed E-state index contributed by atoms with van der Waals surface area (Å²) in [7, 11) is 0. The van der Waals surface area contributed by atoms with Crippen molar-refractivity contribution in [2.45, 2.75) is 32.2 Å². The van der Waals surface area contributed by atoms with Gasteiger partial charge in [0.2, 0.25) is 0 Å². The molecule has 1 aromatic rings. The molecule has 4 heteroatoms. The summed E-state index contributed by atoms with van der Waals surface area (Å²) >= 11 is 6.01. The summed E-state index contributed by atoms with van der Waals surface area (Å²) in [5.74, 6) is 0. The van der Waals surface area contributed by atoms with E-state index in [0.29, 0.717) is 16.6 Å². The monoisotopic (exact) mass is 277 g/mol. The zero-order valence-electron chi connectivity index (χ0n) is 11.3. The van der Waals surface area contributed by atoms with Crippen molar-refractivity contribution in [2.24, 2.45) is 0 Å². The van der Waals surface area contributed by atoms with Crippen LogP contribution in [0, 0.1) is 11.3 Å². The van der Waals surface area contributed by atoms with E-state index in [-0.39, 0.29) is 0 Å². The third kappa shape index (κ3) is 3.86. The van der Waals surface area contributed by atoms with E-state index < -0.39 is 0 Å². The molecule has 1 aliphatic rings. The molecule has 19 heavy (non-hydrogen) atoms. The lowest BCUT2D eigenvalue weighted by Crippen LogP contribution is -2.26. The Morgan fingerprint density at radius 2 is 2.26 bits per heavy atom. The molecular weight excluding hydrogens is 258 g/mol. The molecule has 1 heterocycles. The van der Waals surface area contributed by atoms with Crippen LogP contribution in [0.15, 0.2) is 18.2 Å². The first kappa shape index (κ1) is 14.2. The van der Waals surface area contributed by atoms with E-state index >= 15 is 0 Å². The Labute approximate surface area is 120 Å². The second-order valence-electron chi connectivity index (χ2n) is 5.01. The molecule has 0 spiro atoms. The Hall–Kier alpha value is -1.24. The number of halogens is 1. The van der Waals surface area contributed by atoms with Crippen LogP contribution < -0.4 is 5.32 Å². The minimum Gasteiger partial charge on any atom is -0.381 e. The highest BCUT2D eigenvalue weighted by Crippen LogP contribution is 2.23. The normalized spacial score (nSPS) is 20.6. The van der Waals surface area contributed by atoms with Crippen molar-refractivity contribution < 1.29 is 0 Å². The van der Waals surface area contributed by atoms with Gasteiger partial charge in [0.1, 0.15) is 6.07 Å². The van der Waals surface area contributed by atoms with E-state index in [1.165, 1.54) is 13.0 Å². The van der Waals surface area contributed by atoms with Gasteiger partial charge in [-0.25, -0.2) is 0 Å². The first-order chi connectivity index (χ1) is 9.22. The fourth-order valence-corrected chi connectivity index (χ4v) is 2.74. The predicted octanol–water partition coefficient (Wildman–Crippen LogP) is 3.50. The standard InChI is InChI=1S/C15H20ClN3/c1-2-19-8-3-4-14(7-9-19)18-15-10-13(16)6-5-12(15)11-17/h5-6,10,14,18H,2-4,7-9H2,1H3. The van der Waals surface area contributed by atoms with Crippen molar-refractivity contribution in [1.29, 1.82) is 5.26 Å². The van der Waals surface area contributed by atoms with E-state index in [1.807, 2.05) is 6.07 Å². The second kappa shape index (κ2) is 6.79. The molecule has 102 valence electrons. The molecule has 0 bridgehead atoms. The number of nitrogens with zero attached hydrogens (tertiary/aromatic N) is 2. The molecule has 1 unspecified atom stereocenters. The van der Waals surface area contributed by atoms with Gasteiger partial charge < -0.3 is 10.2 Å².